The number of rotatable bonds is 13. The molecule has 0 saturated carbocycles. The second-order valence-electron chi connectivity index (χ2n) is 9.80. The Labute approximate surface area is 225 Å². The zero-order valence-corrected chi connectivity index (χ0v) is 22.0. The number of carbonyl (C=O) groups excluding carboxylic acids is 3. The highest BCUT2D eigenvalue weighted by Gasteiger charge is 2.33. The first-order chi connectivity index (χ1) is 18.5. The number of nitrogens with two attached hydrogens (primary N) is 1. The standard InChI is InChI=1S/C26H35N7O6/c1-13(2)21(27)25(37)32-19(8-15-10-29-18-7-5-4-6-17(15)18)23(35)31-20(9-16-11-28-12-30-16)24(36)33-22(14(3)34)26(38)39/h4-7,10-14,19-22,29,34H,8-9,27H2,1-3H3,(H,28,30)(H,31,35)(H,32,37)(H,33,36)(H,38,39). The van der Waals surface area contributed by atoms with Crippen LogP contribution in [-0.2, 0) is 32.0 Å². The number of aliphatic hydroxyl groups is 1. The Bertz CT molecular complexity index is 1290. The van der Waals surface area contributed by atoms with Gasteiger partial charge in [0, 0.05) is 41.8 Å². The molecule has 3 rings (SSSR count). The molecule has 0 aliphatic heterocycles. The number of hydrogen-bond donors (Lipinski definition) is 8. The molecule has 13 nitrogen and oxygen atoms in total. The van der Waals surface area contributed by atoms with Crippen molar-refractivity contribution in [1.82, 2.24) is 30.9 Å². The summed E-state index contributed by atoms with van der Waals surface area (Å²) in [6, 6.07) is 2.67. The van der Waals surface area contributed by atoms with Gasteiger partial charge in [-0.2, -0.15) is 0 Å². The number of amides is 3. The number of aromatic nitrogens is 3. The van der Waals surface area contributed by atoms with Crippen molar-refractivity contribution in [1.29, 1.82) is 0 Å². The van der Waals surface area contributed by atoms with Crippen molar-refractivity contribution in [2.24, 2.45) is 11.7 Å². The predicted octanol–water partition coefficient (Wildman–Crippen LogP) is -0.421. The van der Waals surface area contributed by atoms with E-state index in [-0.39, 0.29) is 18.8 Å². The van der Waals surface area contributed by atoms with Crippen molar-refractivity contribution >= 4 is 34.6 Å². The molecule has 210 valence electrons. The monoisotopic (exact) mass is 541 g/mol. The number of nitrogens with zero attached hydrogens (tertiary/aromatic N) is 1. The van der Waals surface area contributed by atoms with Gasteiger partial charge in [0.25, 0.3) is 0 Å². The molecule has 39 heavy (non-hydrogen) atoms. The first-order valence-electron chi connectivity index (χ1n) is 12.6. The lowest BCUT2D eigenvalue weighted by molar-refractivity contribution is -0.145. The topological polar surface area (TPSA) is 215 Å². The molecule has 5 unspecified atom stereocenters. The van der Waals surface area contributed by atoms with Crippen LogP contribution in [0.5, 0.6) is 0 Å². The van der Waals surface area contributed by atoms with Crippen molar-refractivity contribution < 1.29 is 29.4 Å². The number of hydrogen-bond acceptors (Lipinski definition) is 7. The van der Waals surface area contributed by atoms with E-state index in [1.165, 1.54) is 19.4 Å². The van der Waals surface area contributed by atoms with Crippen molar-refractivity contribution in [3.05, 3.63) is 54.2 Å². The zero-order valence-electron chi connectivity index (χ0n) is 22.0. The molecule has 0 spiro atoms. The normalized spacial score (nSPS) is 15.2. The highest BCUT2D eigenvalue weighted by atomic mass is 16.4. The van der Waals surface area contributed by atoms with Gasteiger partial charge in [0.05, 0.1) is 18.5 Å². The summed E-state index contributed by atoms with van der Waals surface area (Å²) in [5, 5.41) is 27.7. The average molecular weight is 542 g/mol. The molecule has 0 saturated heterocycles. The summed E-state index contributed by atoms with van der Waals surface area (Å²) in [4.78, 5) is 61.0. The summed E-state index contributed by atoms with van der Waals surface area (Å²) in [6.45, 7) is 4.79. The number of nitrogens with one attached hydrogen (secondary N) is 5. The minimum atomic E-state index is -1.59. The van der Waals surface area contributed by atoms with Crippen molar-refractivity contribution in [2.45, 2.75) is 63.9 Å². The summed E-state index contributed by atoms with van der Waals surface area (Å²) < 4.78 is 0. The molecule has 0 bridgehead atoms. The van der Waals surface area contributed by atoms with Gasteiger partial charge in [-0.05, 0) is 24.5 Å². The fourth-order valence-corrected chi connectivity index (χ4v) is 4.04. The first-order valence-corrected chi connectivity index (χ1v) is 12.6. The minimum Gasteiger partial charge on any atom is -0.480 e. The molecule has 0 aliphatic carbocycles. The Morgan fingerprint density at radius 1 is 0.949 bits per heavy atom. The number of fused-ring (bicyclic) bond motifs is 1. The Morgan fingerprint density at radius 3 is 2.21 bits per heavy atom. The van der Waals surface area contributed by atoms with Crippen LogP contribution in [0.2, 0.25) is 0 Å². The molecule has 2 aromatic heterocycles. The van der Waals surface area contributed by atoms with Crippen LogP contribution in [0, 0.1) is 5.92 Å². The second-order valence-corrected chi connectivity index (χ2v) is 9.80. The van der Waals surface area contributed by atoms with Crippen molar-refractivity contribution in [3.63, 3.8) is 0 Å². The Morgan fingerprint density at radius 2 is 1.59 bits per heavy atom. The maximum atomic E-state index is 13.6. The van der Waals surface area contributed by atoms with Gasteiger partial charge in [-0.3, -0.25) is 14.4 Å². The SMILES string of the molecule is CC(C)C(N)C(=O)NC(Cc1c[nH]c2ccccc12)C(=O)NC(Cc1cnc[nH]1)C(=O)NC(C(=O)O)C(C)O. The van der Waals surface area contributed by atoms with Crippen LogP contribution < -0.4 is 21.7 Å². The zero-order chi connectivity index (χ0) is 28.7. The number of benzene rings is 1. The molecule has 5 atom stereocenters. The third kappa shape index (κ3) is 7.65. The summed E-state index contributed by atoms with van der Waals surface area (Å²) in [6.07, 6.45) is 3.26. The van der Waals surface area contributed by atoms with Crippen molar-refractivity contribution in [3.8, 4) is 0 Å². The molecular formula is C26H35N7O6. The number of aromatic amines is 2. The van der Waals surface area contributed by atoms with Crippen LogP contribution >= 0.6 is 0 Å². The maximum absolute atomic E-state index is 13.6. The molecule has 0 fully saturated rings. The molecule has 1 aromatic carbocycles. The Kier molecular flexibility index (Phi) is 9.79. The summed E-state index contributed by atoms with van der Waals surface area (Å²) in [5.74, 6) is -3.65. The molecule has 3 aromatic rings. The van der Waals surface area contributed by atoms with Gasteiger partial charge < -0.3 is 41.9 Å². The van der Waals surface area contributed by atoms with E-state index in [9.17, 15) is 29.4 Å². The molecule has 13 heteroatoms. The number of aliphatic carboxylic acids is 1. The van der Waals surface area contributed by atoms with Crippen LogP contribution in [0.4, 0.5) is 0 Å². The van der Waals surface area contributed by atoms with Crippen LogP contribution in [0.25, 0.3) is 10.9 Å². The van der Waals surface area contributed by atoms with Gasteiger partial charge >= 0.3 is 5.97 Å². The van der Waals surface area contributed by atoms with E-state index in [0.717, 1.165) is 16.5 Å². The van der Waals surface area contributed by atoms with Gasteiger partial charge in [0.2, 0.25) is 17.7 Å². The summed E-state index contributed by atoms with van der Waals surface area (Å²) in [5.41, 5.74) is 8.13. The van der Waals surface area contributed by atoms with Crippen LogP contribution in [0.1, 0.15) is 32.0 Å². The van der Waals surface area contributed by atoms with Gasteiger partial charge in [-0.1, -0.05) is 32.0 Å². The van der Waals surface area contributed by atoms with Crippen LogP contribution in [0.3, 0.4) is 0 Å². The van der Waals surface area contributed by atoms with E-state index in [4.69, 9.17) is 5.73 Å². The number of imidazole rings is 1. The maximum Gasteiger partial charge on any atom is 0.328 e. The van der Waals surface area contributed by atoms with Gasteiger partial charge in [0.15, 0.2) is 6.04 Å². The molecular weight excluding hydrogens is 506 g/mol. The van der Waals surface area contributed by atoms with Gasteiger partial charge in [0.1, 0.15) is 12.1 Å². The van der Waals surface area contributed by atoms with E-state index in [1.807, 2.05) is 24.3 Å². The minimum absolute atomic E-state index is 0.0526. The number of aliphatic hydroxyl groups excluding tert-OH is 1. The largest absolute Gasteiger partial charge is 0.480 e. The fraction of sp³-hybridized carbons (Fsp3) is 0.423. The average Bonchev–Trinajstić information content (AvgIpc) is 3.55. The molecule has 9 N–H and O–H groups in total. The van der Waals surface area contributed by atoms with Crippen molar-refractivity contribution in [2.75, 3.05) is 0 Å². The van der Waals surface area contributed by atoms with Gasteiger partial charge in [-0.25, -0.2) is 9.78 Å². The quantitative estimate of drug-likeness (QED) is 0.142. The Hall–Kier alpha value is -4.23. The lowest BCUT2D eigenvalue weighted by atomic mass is 10.0. The van der Waals surface area contributed by atoms with Crippen LogP contribution in [-0.4, -0.2) is 79.1 Å². The summed E-state index contributed by atoms with van der Waals surface area (Å²) >= 11 is 0. The van der Waals surface area contributed by atoms with E-state index in [0.29, 0.717) is 5.69 Å². The smallest absolute Gasteiger partial charge is 0.328 e. The fourth-order valence-electron chi connectivity index (χ4n) is 4.04. The third-order valence-electron chi connectivity index (χ3n) is 6.41. The molecule has 0 radical (unpaired) electrons. The number of carboxylic acids is 1. The van der Waals surface area contributed by atoms with E-state index in [1.54, 1.807) is 20.0 Å². The second kappa shape index (κ2) is 13.0. The number of carbonyl (C=O) groups is 4. The number of carboxylic acid groups (broad SMARTS) is 1. The van der Waals surface area contributed by atoms with Crippen LogP contribution in [0.15, 0.2) is 43.0 Å². The molecule has 3 amide bonds. The predicted molar refractivity (Wildman–Crippen MR) is 142 cm³/mol. The Balaban J connectivity index is 1.88. The lowest BCUT2D eigenvalue weighted by Crippen LogP contribution is -2.59. The highest BCUT2D eigenvalue weighted by molar-refractivity contribution is 5.95. The number of H-pyrrole nitrogens is 2. The molecule has 0 aliphatic rings. The van der Waals surface area contributed by atoms with E-state index in [2.05, 4.69) is 30.9 Å². The van der Waals surface area contributed by atoms with Gasteiger partial charge in [-0.15, -0.1) is 0 Å². The molecule has 2 heterocycles. The number of para-hydroxylation sites is 1. The summed E-state index contributed by atoms with van der Waals surface area (Å²) in [7, 11) is 0. The highest BCUT2D eigenvalue weighted by Crippen LogP contribution is 2.19. The van der Waals surface area contributed by atoms with E-state index >= 15 is 0 Å². The first kappa shape index (κ1) is 29.3. The third-order valence-corrected chi connectivity index (χ3v) is 6.41. The van der Waals surface area contributed by atoms with E-state index < -0.39 is 54.0 Å². The lowest BCUT2D eigenvalue weighted by Gasteiger charge is -2.26.